The minimum Gasteiger partial charge on any atom is -0.493 e. The third kappa shape index (κ3) is 3.02. The van der Waals surface area contributed by atoms with Gasteiger partial charge in [0.25, 0.3) is 0 Å². The molecule has 160 valence electrons. The summed E-state index contributed by atoms with van der Waals surface area (Å²) in [7, 11) is 3.17. The minimum atomic E-state index is -0.353. The van der Waals surface area contributed by atoms with Gasteiger partial charge in [-0.2, -0.15) is 0 Å². The smallest absolute Gasteiger partial charge is 0.229 e. The fraction of sp³-hybridized carbons (Fsp3) is 0.680. The van der Waals surface area contributed by atoms with Crippen LogP contribution >= 0.6 is 0 Å². The summed E-state index contributed by atoms with van der Waals surface area (Å²) in [6, 6.07) is 3.65. The lowest BCUT2D eigenvalue weighted by molar-refractivity contribution is -0.139. The lowest BCUT2D eigenvalue weighted by Crippen LogP contribution is -2.60. The van der Waals surface area contributed by atoms with Gasteiger partial charge in [0, 0.05) is 16.9 Å². The molecule has 3 aliphatic rings. The van der Waals surface area contributed by atoms with E-state index in [4.69, 9.17) is 9.47 Å². The Hall–Kier alpha value is -1.84. The van der Waals surface area contributed by atoms with Crippen LogP contribution in [0.25, 0.3) is 0 Å². The molecule has 0 aliphatic heterocycles. The molecule has 0 spiro atoms. The zero-order chi connectivity index (χ0) is 21.6. The topological polar surface area (TPSA) is 52.6 Å². The maximum Gasteiger partial charge on any atom is 0.229 e. The van der Waals surface area contributed by atoms with Crippen LogP contribution in [-0.2, 0) is 10.2 Å². The summed E-state index contributed by atoms with van der Waals surface area (Å²) in [5.41, 5.74) is 1.03. The van der Waals surface area contributed by atoms with E-state index in [1.165, 1.54) is 6.42 Å². The van der Waals surface area contributed by atoms with Gasteiger partial charge in [0.1, 0.15) is 0 Å². The highest BCUT2D eigenvalue weighted by Gasteiger charge is 2.62. The Kier molecular flexibility index (Phi) is 5.86. The average molecular weight is 401 g/mol. The van der Waals surface area contributed by atoms with E-state index in [9.17, 15) is 9.59 Å². The number of methoxy groups -OCH3 is 2. The number of carbonyl (C=O) groups excluding carboxylic acids is 2. The van der Waals surface area contributed by atoms with Gasteiger partial charge in [0.05, 0.1) is 14.2 Å². The highest BCUT2D eigenvalue weighted by molar-refractivity contribution is 6.46. The van der Waals surface area contributed by atoms with Crippen molar-refractivity contribution in [2.75, 3.05) is 14.2 Å². The Balaban J connectivity index is 0.00000117. The van der Waals surface area contributed by atoms with Crippen molar-refractivity contribution < 1.29 is 19.1 Å². The van der Waals surface area contributed by atoms with E-state index >= 15 is 0 Å². The molecule has 4 heteroatoms. The number of rotatable bonds is 2. The molecule has 4 nitrogen and oxygen atoms in total. The SMILES string of the molecule is CC.COc1cc2c(cc1OC)C1(C)CCC3C(C)CCCC3(C)C1C(=O)C2=O. The minimum absolute atomic E-state index is 0.109. The lowest BCUT2D eigenvalue weighted by atomic mass is 9.42. The van der Waals surface area contributed by atoms with E-state index in [1.807, 2.05) is 19.9 Å². The molecule has 0 heterocycles. The summed E-state index contributed by atoms with van der Waals surface area (Å²) in [4.78, 5) is 26.6. The highest BCUT2D eigenvalue weighted by atomic mass is 16.5. The van der Waals surface area contributed by atoms with Crippen LogP contribution < -0.4 is 9.47 Å². The number of Topliss-reactive ketones (excluding diaryl/α,β-unsaturated/α-hetero) is 2. The summed E-state index contributed by atoms with van der Waals surface area (Å²) in [5.74, 6) is 1.47. The second kappa shape index (κ2) is 7.77. The average Bonchev–Trinajstić information content (AvgIpc) is 2.72. The summed E-state index contributed by atoms with van der Waals surface area (Å²) < 4.78 is 10.9. The van der Waals surface area contributed by atoms with E-state index in [2.05, 4.69) is 20.8 Å². The van der Waals surface area contributed by atoms with Crippen LogP contribution in [0.5, 0.6) is 11.5 Å². The first-order valence-corrected chi connectivity index (χ1v) is 11.1. The van der Waals surface area contributed by atoms with E-state index in [0.29, 0.717) is 28.9 Å². The Labute approximate surface area is 175 Å². The molecule has 29 heavy (non-hydrogen) atoms. The number of fused-ring (bicyclic) bond motifs is 5. The van der Waals surface area contributed by atoms with Crippen molar-refractivity contribution >= 4 is 11.6 Å². The zero-order valence-corrected chi connectivity index (χ0v) is 19.1. The summed E-state index contributed by atoms with van der Waals surface area (Å²) in [6.07, 6.45) is 5.45. The number of benzene rings is 1. The summed E-state index contributed by atoms with van der Waals surface area (Å²) >= 11 is 0. The summed E-state index contributed by atoms with van der Waals surface area (Å²) in [6.45, 7) is 10.8. The van der Waals surface area contributed by atoms with E-state index in [-0.39, 0.29) is 28.3 Å². The molecule has 0 aromatic heterocycles. The van der Waals surface area contributed by atoms with Gasteiger partial charge in [0.15, 0.2) is 11.5 Å². The van der Waals surface area contributed by atoms with Gasteiger partial charge in [-0.05, 0) is 54.2 Å². The number of hydrogen-bond donors (Lipinski definition) is 0. The van der Waals surface area contributed by atoms with Gasteiger partial charge in [-0.15, -0.1) is 0 Å². The van der Waals surface area contributed by atoms with Crippen molar-refractivity contribution in [1.29, 1.82) is 0 Å². The van der Waals surface area contributed by atoms with Crippen LogP contribution in [0.4, 0.5) is 0 Å². The molecule has 5 unspecified atom stereocenters. The van der Waals surface area contributed by atoms with Gasteiger partial charge < -0.3 is 9.47 Å². The molecular weight excluding hydrogens is 364 g/mol. The normalized spacial score (nSPS) is 35.5. The van der Waals surface area contributed by atoms with Crippen molar-refractivity contribution in [2.24, 2.45) is 23.2 Å². The molecule has 4 rings (SSSR count). The predicted molar refractivity (Wildman–Crippen MR) is 115 cm³/mol. The molecule has 0 radical (unpaired) electrons. The van der Waals surface area contributed by atoms with Crippen LogP contribution in [0.1, 0.15) is 82.6 Å². The number of hydrogen-bond acceptors (Lipinski definition) is 4. The van der Waals surface area contributed by atoms with Gasteiger partial charge in [-0.25, -0.2) is 0 Å². The van der Waals surface area contributed by atoms with Crippen molar-refractivity contribution in [3.8, 4) is 11.5 Å². The van der Waals surface area contributed by atoms with Gasteiger partial charge >= 0.3 is 0 Å². The Morgan fingerprint density at radius 3 is 2.21 bits per heavy atom. The van der Waals surface area contributed by atoms with Gasteiger partial charge in [-0.1, -0.05) is 47.5 Å². The molecule has 2 fully saturated rings. The fourth-order valence-corrected chi connectivity index (χ4v) is 6.82. The van der Waals surface area contributed by atoms with Crippen LogP contribution in [0.15, 0.2) is 12.1 Å². The van der Waals surface area contributed by atoms with Crippen LogP contribution in [-0.4, -0.2) is 25.8 Å². The molecule has 5 atom stereocenters. The zero-order valence-electron chi connectivity index (χ0n) is 19.1. The second-order valence-electron chi connectivity index (χ2n) is 9.32. The molecule has 3 aliphatic carbocycles. The Bertz CT molecular complexity index is 813. The molecule has 0 saturated heterocycles. The molecule has 0 amide bonds. The molecule has 0 N–H and O–H groups in total. The van der Waals surface area contributed by atoms with Crippen molar-refractivity contribution in [3.05, 3.63) is 23.3 Å². The maximum absolute atomic E-state index is 13.4. The van der Waals surface area contributed by atoms with Crippen LogP contribution in [0.3, 0.4) is 0 Å². The standard InChI is InChI=1S/C23H30O4.C2H6/c1-13-7-6-9-22(2)15(13)8-10-23(3)16-12-18(27-5)17(26-4)11-14(16)19(24)20(25)21(22)23;1-2/h11-13,15,21H,6-10H2,1-5H3;1-2H3. The summed E-state index contributed by atoms with van der Waals surface area (Å²) in [5, 5.41) is 0. The van der Waals surface area contributed by atoms with E-state index < -0.39 is 0 Å². The second-order valence-corrected chi connectivity index (χ2v) is 9.32. The van der Waals surface area contributed by atoms with Crippen LogP contribution in [0, 0.1) is 23.2 Å². The molecule has 1 aromatic rings. The lowest BCUT2D eigenvalue weighted by Gasteiger charge is -2.60. The Morgan fingerprint density at radius 1 is 0.966 bits per heavy atom. The number of ketones is 2. The predicted octanol–water partition coefficient (Wildman–Crippen LogP) is 5.61. The third-order valence-electron chi connectivity index (χ3n) is 8.05. The van der Waals surface area contributed by atoms with Crippen molar-refractivity contribution in [1.82, 2.24) is 0 Å². The first-order valence-electron chi connectivity index (χ1n) is 11.1. The fourth-order valence-electron chi connectivity index (χ4n) is 6.82. The third-order valence-corrected chi connectivity index (χ3v) is 8.05. The molecule has 2 saturated carbocycles. The van der Waals surface area contributed by atoms with Gasteiger partial charge in [-0.3, -0.25) is 9.59 Å². The quantitative estimate of drug-likeness (QED) is 0.606. The van der Waals surface area contributed by atoms with Crippen molar-refractivity contribution in [3.63, 3.8) is 0 Å². The number of ether oxygens (including phenoxy) is 2. The molecular formula is C25H36O4. The first-order chi connectivity index (χ1) is 13.8. The highest BCUT2D eigenvalue weighted by Crippen LogP contribution is 2.63. The Morgan fingerprint density at radius 2 is 1.59 bits per heavy atom. The molecule has 1 aromatic carbocycles. The monoisotopic (exact) mass is 400 g/mol. The number of carbonyl (C=O) groups is 2. The first kappa shape index (κ1) is 21.9. The van der Waals surface area contributed by atoms with Crippen LogP contribution in [0.2, 0.25) is 0 Å². The maximum atomic E-state index is 13.4. The van der Waals surface area contributed by atoms with Gasteiger partial charge in [0.2, 0.25) is 11.6 Å². The van der Waals surface area contributed by atoms with Crippen molar-refractivity contribution in [2.45, 2.75) is 72.1 Å². The molecule has 0 bridgehead atoms. The largest absolute Gasteiger partial charge is 0.493 e. The van der Waals surface area contributed by atoms with E-state index in [0.717, 1.165) is 31.2 Å². The van der Waals surface area contributed by atoms with E-state index in [1.54, 1.807) is 20.3 Å².